The van der Waals surface area contributed by atoms with Crippen LogP contribution >= 0.6 is 11.3 Å². The van der Waals surface area contributed by atoms with Gasteiger partial charge in [0.2, 0.25) is 0 Å². The Kier molecular flexibility index (Phi) is 3.37. The van der Waals surface area contributed by atoms with Crippen LogP contribution in [0.2, 0.25) is 0 Å². The normalized spacial score (nSPS) is 16.4. The van der Waals surface area contributed by atoms with Crippen LogP contribution in [0.1, 0.15) is 27.8 Å². The van der Waals surface area contributed by atoms with Gasteiger partial charge in [-0.2, -0.15) is 0 Å². The number of aromatic amines is 1. The number of hydrogen-bond acceptors (Lipinski definition) is 3. The fraction of sp³-hybridized carbons (Fsp3) is 0.0556. The van der Waals surface area contributed by atoms with Crippen molar-refractivity contribution in [1.29, 1.82) is 0 Å². The lowest BCUT2D eigenvalue weighted by molar-refractivity contribution is -0.110. The van der Waals surface area contributed by atoms with Crippen LogP contribution in [-0.4, -0.2) is 16.0 Å². The number of nitrogens with one attached hydrogen (secondary N) is 2. The smallest absolute Gasteiger partial charge is 0.256 e. The second-order valence-electron chi connectivity index (χ2n) is 5.36. The number of anilines is 1. The highest BCUT2D eigenvalue weighted by molar-refractivity contribution is 7.10. The molecule has 0 spiro atoms. The second-order valence-corrected chi connectivity index (χ2v) is 6.34. The van der Waals surface area contributed by atoms with Crippen molar-refractivity contribution >= 4 is 34.6 Å². The SMILES string of the molecule is O=C1Nc2ccc(C(O)c3cccs3)cc2/C1=C/c1ccc[nH]1. The molecule has 4 rings (SSSR count). The third-order valence-electron chi connectivity index (χ3n) is 3.88. The van der Waals surface area contributed by atoms with Gasteiger partial charge in [-0.25, -0.2) is 0 Å². The fourth-order valence-corrected chi connectivity index (χ4v) is 3.46. The summed E-state index contributed by atoms with van der Waals surface area (Å²) in [6, 6.07) is 13.2. The average molecular weight is 322 g/mol. The summed E-state index contributed by atoms with van der Waals surface area (Å²) in [5.74, 6) is -0.127. The van der Waals surface area contributed by atoms with Gasteiger partial charge in [0, 0.05) is 28.0 Å². The first-order valence-corrected chi connectivity index (χ1v) is 8.12. The van der Waals surface area contributed by atoms with Crippen LogP contribution in [0.5, 0.6) is 0 Å². The molecule has 114 valence electrons. The molecule has 0 fully saturated rings. The lowest BCUT2D eigenvalue weighted by atomic mass is 10.00. The maximum atomic E-state index is 12.2. The molecular weight excluding hydrogens is 308 g/mol. The number of thiophene rings is 1. The van der Waals surface area contributed by atoms with Crippen molar-refractivity contribution in [3.63, 3.8) is 0 Å². The molecular formula is C18H14N2O2S. The number of aliphatic hydroxyl groups is 1. The molecule has 1 atom stereocenters. The quantitative estimate of drug-likeness (QED) is 0.644. The van der Waals surface area contributed by atoms with E-state index in [-0.39, 0.29) is 5.91 Å². The van der Waals surface area contributed by atoms with Crippen molar-refractivity contribution in [3.8, 4) is 0 Å². The van der Waals surface area contributed by atoms with E-state index in [1.54, 1.807) is 0 Å². The number of rotatable bonds is 3. The molecule has 5 heteroatoms. The number of H-pyrrole nitrogens is 1. The van der Waals surface area contributed by atoms with E-state index in [1.807, 2.05) is 60.1 Å². The van der Waals surface area contributed by atoms with Crippen molar-refractivity contribution in [1.82, 2.24) is 4.98 Å². The van der Waals surface area contributed by atoms with Gasteiger partial charge in [-0.1, -0.05) is 12.1 Å². The topological polar surface area (TPSA) is 65.1 Å². The fourth-order valence-electron chi connectivity index (χ4n) is 2.72. The zero-order valence-electron chi connectivity index (χ0n) is 12.1. The standard InChI is InChI=1S/C18H14N2O2S/c21-17(16-4-2-8-23-16)11-5-6-15-13(9-11)14(18(22)20-15)10-12-3-1-7-19-12/h1-10,17,19,21H,(H,20,22)/b14-10-. The van der Waals surface area contributed by atoms with Crippen LogP contribution in [0.4, 0.5) is 5.69 Å². The van der Waals surface area contributed by atoms with Gasteiger partial charge in [0.05, 0.1) is 5.57 Å². The van der Waals surface area contributed by atoms with Crippen LogP contribution in [0, 0.1) is 0 Å². The highest BCUT2D eigenvalue weighted by Gasteiger charge is 2.25. The minimum atomic E-state index is -0.678. The Balaban J connectivity index is 1.76. The summed E-state index contributed by atoms with van der Waals surface area (Å²) < 4.78 is 0. The van der Waals surface area contributed by atoms with E-state index in [4.69, 9.17) is 0 Å². The molecule has 4 nitrogen and oxygen atoms in total. The Morgan fingerprint density at radius 3 is 2.83 bits per heavy atom. The molecule has 3 N–H and O–H groups in total. The number of benzene rings is 1. The van der Waals surface area contributed by atoms with Gasteiger partial charge in [0.1, 0.15) is 6.10 Å². The van der Waals surface area contributed by atoms with E-state index in [0.29, 0.717) is 5.57 Å². The molecule has 0 saturated heterocycles. The highest BCUT2D eigenvalue weighted by Crippen LogP contribution is 2.36. The number of amides is 1. The predicted molar refractivity (Wildman–Crippen MR) is 92.1 cm³/mol. The van der Waals surface area contributed by atoms with Crippen molar-refractivity contribution in [2.45, 2.75) is 6.10 Å². The highest BCUT2D eigenvalue weighted by atomic mass is 32.1. The van der Waals surface area contributed by atoms with Gasteiger partial charge < -0.3 is 15.4 Å². The first-order valence-electron chi connectivity index (χ1n) is 7.24. The minimum Gasteiger partial charge on any atom is -0.383 e. The number of aliphatic hydroxyl groups excluding tert-OH is 1. The number of fused-ring (bicyclic) bond motifs is 1. The summed E-state index contributed by atoms with van der Waals surface area (Å²) >= 11 is 1.51. The third-order valence-corrected chi connectivity index (χ3v) is 4.80. The summed E-state index contributed by atoms with van der Waals surface area (Å²) in [7, 11) is 0. The third kappa shape index (κ3) is 2.50. The molecule has 3 aromatic rings. The molecule has 1 aromatic carbocycles. The first kappa shape index (κ1) is 14.0. The maximum absolute atomic E-state index is 12.2. The van der Waals surface area contributed by atoms with E-state index in [1.165, 1.54) is 11.3 Å². The van der Waals surface area contributed by atoms with Gasteiger partial charge in [0.25, 0.3) is 5.91 Å². The Morgan fingerprint density at radius 2 is 2.09 bits per heavy atom. The molecule has 0 aliphatic carbocycles. The molecule has 0 bridgehead atoms. The molecule has 1 aliphatic rings. The zero-order chi connectivity index (χ0) is 15.8. The summed E-state index contributed by atoms with van der Waals surface area (Å²) in [6.07, 6.45) is 2.96. The van der Waals surface area contributed by atoms with E-state index in [9.17, 15) is 9.90 Å². The molecule has 0 radical (unpaired) electrons. The molecule has 1 amide bonds. The van der Waals surface area contributed by atoms with Gasteiger partial charge in [-0.05, 0) is 47.4 Å². The summed E-state index contributed by atoms with van der Waals surface area (Å²) in [6.45, 7) is 0. The predicted octanol–water partition coefficient (Wildman–Crippen LogP) is 3.65. The largest absolute Gasteiger partial charge is 0.383 e. The maximum Gasteiger partial charge on any atom is 0.256 e. The van der Waals surface area contributed by atoms with Crippen LogP contribution < -0.4 is 5.32 Å². The lowest BCUT2D eigenvalue weighted by Gasteiger charge is -2.10. The second kappa shape index (κ2) is 5.53. The number of aromatic nitrogens is 1. The first-order chi connectivity index (χ1) is 11.2. The number of hydrogen-bond donors (Lipinski definition) is 3. The van der Waals surface area contributed by atoms with E-state index < -0.39 is 6.10 Å². The minimum absolute atomic E-state index is 0.127. The van der Waals surface area contributed by atoms with Crippen molar-refractivity contribution in [2.75, 3.05) is 5.32 Å². The van der Waals surface area contributed by atoms with E-state index in [0.717, 1.165) is 27.4 Å². The van der Waals surface area contributed by atoms with Crippen LogP contribution in [-0.2, 0) is 4.79 Å². The molecule has 1 unspecified atom stereocenters. The van der Waals surface area contributed by atoms with Gasteiger partial charge in [0.15, 0.2) is 0 Å². The summed E-state index contributed by atoms with van der Waals surface area (Å²) in [5.41, 5.74) is 3.84. The van der Waals surface area contributed by atoms with E-state index >= 15 is 0 Å². The zero-order valence-corrected chi connectivity index (χ0v) is 12.9. The molecule has 2 aromatic heterocycles. The molecule has 0 saturated carbocycles. The monoisotopic (exact) mass is 322 g/mol. The van der Waals surface area contributed by atoms with Crippen LogP contribution in [0.25, 0.3) is 11.6 Å². The van der Waals surface area contributed by atoms with E-state index in [2.05, 4.69) is 10.3 Å². The Labute approximate surface area is 137 Å². The Morgan fingerprint density at radius 1 is 1.17 bits per heavy atom. The van der Waals surface area contributed by atoms with Crippen molar-refractivity contribution < 1.29 is 9.90 Å². The Hall–Kier alpha value is -2.63. The van der Waals surface area contributed by atoms with Crippen molar-refractivity contribution in [2.24, 2.45) is 0 Å². The number of carbonyl (C=O) groups excluding carboxylic acids is 1. The number of carbonyl (C=O) groups is 1. The molecule has 1 aliphatic heterocycles. The Bertz CT molecular complexity index is 880. The lowest BCUT2D eigenvalue weighted by Crippen LogP contribution is -2.03. The van der Waals surface area contributed by atoms with Gasteiger partial charge in [-0.15, -0.1) is 11.3 Å². The van der Waals surface area contributed by atoms with Crippen LogP contribution in [0.3, 0.4) is 0 Å². The summed E-state index contributed by atoms with van der Waals surface area (Å²) in [5, 5.41) is 15.3. The average Bonchev–Trinajstić information content (AvgIpc) is 3.29. The van der Waals surface area contributed by atoms with Crippen molar-refractivity contribution in [3.05, 3.63) is 75.7 Å². The molecule has 23 heavy (non-hydrogen) atoms. The van der Waals surface area contributed by atoms with Crippen LogP contribution in [0.15, 0.2) is 54.0 Å². The van der Waals surface area contributed by atoms with Gasteiger partial charge >= 0.3 is 0 Å². The molecule has 3 heterocycles. The summed E-state index contributed by atoms with van der Waals surface area (Å²) in [4.78, 5) is 16.2. The van der Waals surface area contributed by atoms with Gasteiger partial charge in [-0.3, -0.25) is 4.79 Å².